The van der Waals surface area contributed by atoms with E-state index in [0.29, 0.717) is 20.6 Å². The van der Waals surface area contributed by atoms with Crippen molar-refractivity contribution >= 4 is 52.9 Å². The van der Waals surface area contributed by atoms with Gasteiger partial charge in [-0.2, -0.15) is 0 Å². The number of benzene rings is 3. The van der Waals surface area contributed by atoms with Crippen molar-refractivity contribution in [2.24, 2.45) is 0 Å². The lowest BCUT2D eigenvalue weighted by molar-refractivity contribution is -0.126. The smallest absolute Gasteiger partial charge is 0.247 e. The topological polar surface area (TPSA) is 20.3 Å². The van der Waals surface area contributed by atoms with E-state index in [-0.39, 0.29) is 19.0 Å². The second-order valence-electron chi connectivity index (χ2n) is 7.31. The van der Waals surface area contributed by atoms with Crippen molar-refractivity contribution in [1.29, 1.82) is 0 Å². The maximum absolute atomic E-state index is 13.7. The van der Waals surface area contributed by atoms with Gasteiger partial charge in [0.25, 0.3) is 0 Å². The summed E-state index contributed by atoms with van der Waals surface area (Å²) in [6.07, 6.45) is 10.1. The van der Waals surface area contributed by atoms with Crippen LogP contribution in [0.15, 0.2) is 85.0 Å². The number of nitrogens with zero attached hydrogens (tertiary/aromatic N) is 1. The molecular formula is C27H20Cl3F2NO. The molecule has 7 heteroatoms. The zero-order valence-corrected chi connectivity index (χ0v) is 20.2. The molecule has 0 aliphatic heterocycles. The minimum atomic E-state index is -0.958. The van der Waals surface area contributed by atoms with E-state index in [1.54, 1.807) is 48.6 Å². The first kappa shape index (κ1) is 25.7. The Morgan fingerprint density at radius 1 is 0.824 bits per heavy atom. The molecule has 174 valence electrons. The standard InChI is InChI=1S/C27H20Cl3F2NO/c28-22-11-7-19(8-12-22)4-3-15-33(18-20-9-14-25(31)26(32)16-20)27(34)6-2-1-5-21-10-13-23(29)17-24(21)30/h1-14,16-17H,15,18H2/b4-3+,5-1+,6-2+. The molecule has 2 nitrogen and oxygen atoms in total. The van der Waals surface area contributed by atoms with Crippen molar-refractivity contribution in [1.82, 2.24) is 4.90 Å². The molecule has 0 fully saturated rings. The van der Waals surface area contributed by atoms with E-state index < -0.39 is 11.6 Å². The fourth-order valence-corrected chi connectivity index (χ4v) is 3.62. The molecule has 0 radical (unpaired) electrons. The predicted molar refractivity (Wildman–Crippen MR) is 137 cm³/mol. The second-order valence-corrected chi connectivity index (χ2v) is 8.59. The van der Waals surface area contributed by atoms with Crippen LogP contribution in [0.1, 0.15) is 16.7 Å². The van der Waals surface area contributed by atoms with Gasteiger partial charge in [-0.1, -0.05) is 89.4 Å². The van der Waals surface area contributed by atoms with Gasteiger partial charge in [0.05, 0.1) is 0 Å². The third kappa shape index (κ3) is 7.84. The zero-order valence-electron chi connectivity index (χ0n) is 17.9. The van der Waals surface area contributed by atoms with Crippen molar-refractivity contribution in [2.75, 3.05) is 6.54 Å². The average Bonchev–Trinajstić information content (AvgIpc) is 2.80. The van der Waals surface area contributed by atoms with E-state index in [0.717, 1.165) is 23.3 Å². The Hall–Kier alpha value is -2.92. The van der Waals surface area contributed by atoms with Crippen LogP contribution in [0.5, 0.6) is 0 Å². The molecule has 34 heavy (non-hydrogen) atoms. The molecule has 3 aromatic rings. The Morgan fingerprint density at radius 2 is 1.56 bits per heavy atom. The van der Waals surface area contributed by atoms with Gasteiger partial charge in [-0.05, 0) is 53.1 Å². The molecule has 0 aromatic heterocycles. The third-order valence-corrected chi connectivity index (χ3v) is 5.58. The molecule has 0 heterocycles. The van der Waals surface area contributed by atoms with Gasteiger partial charge in [0.2, 0.25) is 5.91 Å². The van der Waals surface area contributed by atoms with Crippen molar-refractivity contribution in [2.45, 2.75) is 6.54 Å². The van der Waals surface area contributed by atoms with E-state index in [2.05, 4.69) is 0 Å². The molecule has 0 spiro atoms. The Kier molecular flexibility index (Phi) is 9.46. The summed E-state index contributed by atoms with van der Waals surface area (Å²) in [5.41, 5.74) is 2.15. The van der Waals surface area contributed by atoms with E-state index >= 15 is 0 Å². The first-order valence-electron chi connectivity index (χ1n) is 10.3. The van der Waals surface area contributed by atoms with E-state index in [1.807, 2.05) is 24.3 Å². The Balaban J connectivity index is 1.73. The number of allylic oxidation sites excluding steroid dienone is 2. The Morgan fingerprint density at radius 3 is 2.26 bits per heavy atom. The minimum Gasteiger partial charge on any atom is -0.331 e. The van der Waals surface area contributed by atoms with Gasteiger partial charge in [0, 0.05) is 34.2 Å². The van der Waals surface area contributed by atoms with Gasteiger partial charge in [0.1, 0.15) is 0 Å². The minimum absolute atomic E-state index is 0.109. The zero-order chi connectivity index (χ0) is 24.5. The number of hydrogen-bond acceptors (Lipinski definition) is 1. The second kappa shape index (κ2) is 12.5. The number of carbonyl (C=O) groups excluding carboxylic acids is 1. The van der Waals surface area contributed by atoms with Crippen molar-refractivity contribution < 1.29 is 13.6 Å². The van der Waals surface area contributed by atoms with Gasteiger partial charge in [-0.3, -0.25) is 4.79 Å². The van der Waals surface area contributed by atoms with Crippen LogP contribution in [0.3, 0.4) is 0 Å². The highest BCUT2D eigenvalue weighted by Crippen LogP contribution is 2.22. The third-order valence-electron chi connectivity index (χ3n) is 4.76. The van der Waals surface area contributed by atoms with Crippen molar-refractivity contribution in [3.8, 4) is 0 Å². The van der Waals surface area contributed by atoms with Crippen LogP contribution in [0, 0.1) is 11.6 Å². The van der Waals surface area contributed by atoms with Gasteiger partial charge in [0.15, 0.2) is 11.6 Å². The predicted octanol–water partition coefficient (Wildman–Crippen LogP) is 8.24. The largest absolute Gasteiger partial charge is 0.331 e. The fourth-order valence-electron chi connectivity index (χ4n) is 3.02. The van der Waals surface area contributed by atoms with Crippen molar-refractivity contribution in [3.05, 3.63) is 128 Å². The number of hydrogen-bond donors (Lipinski definition) is 0. The molecule has 3 aromatic carbocycles. The molecular weight excluding hydrogens is 499 g/mol. The Labute approximate surface area is 212 Å². The summed E-state index contributed by atoms with van der Waals surface area (Å²) >= 11 is 17.9. The normalized spacial score (nSPS) is 11.7. The molecule has 0 saturated carbocycles. The van der Waals surface area contributed by atoms with Crippen LogP contribution in [0.25, 0.3) is 12.2 Å². The molecule has 0 aliphatic rings. The molecule has 0 N–H and O–H groups in total. The summed E-state index contributed by atoms with van der Waals surface area (Å²) in [6, 6.07) is 16.0. The van der Waals surface area contributed by atoms with Crippen LogP contribution in [-0.2, 0) is 11.3 Å². The molecule has 1 amide bonds. The lowest BCUT2D eigenvalue weighted by Crippen LogP contribution is -2.29. The fraction of sp³-hybridized carbons (Fsp3) is 0.0741. The van der Waals surface area contributed by atoms with Gasteiger partial charge < -0.3 is 4.90 Å². The van der Waals surface area contributed by atoms with E-state index in [4.69, 9.17) is 34.8 Å². The number of carbonyl (C=O) groups is 1. The maximum Gasteiger partial charge on any atom is 0.247 e. The molecule has 0 aliphatic carbocycles. The van der Waals surface area contributed by atoms with Crippen molar-refractivity contribution in [3.63, 3.8) is 0 Å². The van der Waals surface area contributed by atoms with Crippen LogP contribution in [-0.4, -0.2) is 17.4 Å². The Bertz CT molecular complexity index is 1240. The first-order chi connectivity index (χ1) is 16.3. The highest BCUT2D eigenvalue weighted by Gasteiger charge is 2.11. The SMILES string of the molecule is O=C(/C=C/C=C/c1ccc(Cl)cc1Cl)N(C/C=C/c1ccc(Cl)cc1)Cc1ccc(F)c(F)c1. The summed E-state index contributed by atoms with van der Waals surface area (Å²) in [7, 11) is 0. The summed E-state index contributed by atoms with van der Waals surface area (Å²) < 4.78 is 27.0. The van der Waals surface area contributed by atoms with Crippen LogP contribution >= 0.6 is 34.8 Å². The molecule has 0 unspecified atom stereocenters. The molecule has 0 bridgehead atoms. The van der Waals surface area contributed by atoms with E-state index in [1.165, 1.54) is 17.0 Å². The van der Waals surface area contributed by atoms with Gasteiger partial charge in [-0.15, -0.1) is 0 Å². The highest BCUT2D eigenvalue weighted by molar-refractivity contribution is 6.35. The number of rotatable bonds is 8. The van der Waals surface area contributed by atoms with Crippen LogP contribution in [0.4, 0.5) is 8.78 Å². The highest BCUT2D eigenvalue weighted by atomic mass is 35.5. The average molecular weight is 519 g/mol. The summed E-state index contributed by atoms with van der Waals surface area (Å²) in [6.45, 7) is 0.371. The van der Waals surface area contributed by atoms with Crippen LogP contribution < -0.4 is 0 Å². The number of halogens is 5. The van der Waals surface area contributed by atoms with Gasteiger partial charge in [-0.25, -0.2) is 8.78 Å². The summed E-state index contributed by atoms with van der Waals surface area (Å²) in [5, 5.41) is 1.66. The number of amides is 1. The molecule has 3 rings (SSSR count). The van der Waals surface area contributed by atoms with Crippen LogP contribution in [0.2, 0.25) is 15.1 Å². The lowest BCUT2D eigenvalue weighted by atomic mass is 10.2. The lowest BCUT2D eigenvalue weighted by Gasteiger charge is -2.20. The maximum atomic E-state index is 13.7. The van der Waals surface area contributed by atoms with Gasteiger partial charge >= 0.3 is 0 Å². The summed E-state index contributed by atoms with van der Waals surface area (Å²) in [5.74, 6) is -2.19. The monoisotopic (exact) mass is 517 g/mol. The quantitative estimate of drug-likeness (QED) is 0.217. The molecule has 0 atom stereocenters. The van der Waals surface area contributed by atoms with E-state index in [9.17, 15) is 13.6 Å². The molecule has 0 saturated heterocycles. The first-order valence-corrected chi connectivity index (χ1v) is 11.4. The summed E-state index contributed by atoms with van der Waals surface area (Å²) in [4.78, 5) is 14.4.